The highest BCUT2D eigenvalue weighted by atomic mass is 16.1. The van der Waals surface area contributed by atoms with Crippen molar-refractivity contribution in [3.63, 3.8) is 0 Å². The molecule has 0 aromatic rings. The summed E-state index contributed by atoms with van der Waals surface area (Å²) in [7, 11) is 1.61. The second kappa shape index (κ2) is 6.60. The van der Waals surface area contributed by atoms with Gasteiger partial charge in [-0.05, 0) is 12.8 Å². The van der Waals surface area contributed by atoms with Gasteiger partial charge in [0.05, 0.1) is 6.04 Å². The van der Waals surface area contributed by atoms with Crippen molar-refractivity contribution in [1.82, 2.24) is 5.32 Å². The Morgan fingerprint density at radius 1 is 1.75 bits per heavy atom. The molecule has 0 rings (SSSR count). The Morgan fingerprint density at radius 2 is 2.42 bits per heavy atom. The minimum absolute atomic E-state index is 0.355. The lowest BCUT2D eigenvalue weighted by Gasteiger charge is -2.05. The van der Waals surface area contributed by atoms with Gasteiger partial charge in [-0.1, -0.05) is 0 Å². The van der Waals surface area contributed by atoms with E-state index in [2.05, 4.69) is 10.3 Å². The molecule has 0 amide bonds. The van der Waals surface area contributed by atoms with Crippen molar-refractivity contribution in [1.29, 1.82) is 0 Å². The average Bonchev–Trinajstić information content (AvgIpc) is 2.11. The third-order valence-corrected chi connectivity index (χ3v) is 1.44. The fraction of sp³-hybridized carbons (Fsp3) is 0.714. The van der Waals surface area contributed by atoms with Crippen LogP contribution < -0.4 is 16.8 Å². The van der Waals surface area contributed by atoms with Crippen molar-refractivity contribution in [2.24, 2.45) is 16.5 Å². The van der Waals surface area contributed by atoms with Gasteiger partial charge in [-0.2, -0.15) is 0 Å². The second-order valence-electron chi connectivity index (χ2n) is 2.48. The lowest BCUT2D eigenvalue weighted by Crippen LogP contribution is -2.33. The van der Waals surface area contributed by atoms with Gasteiger partial charge < -0.3 is 21.6 Å². The minimum atomic E-state index is -0.355. The van der Waals surface area contributed by atoms with Crippen LogP contribution in [0.2, 0.25) is 0 Å². The van der Waals surface area contributed by atoms with E-state index in [4.69, 9.17) is 11.5 Å². The van der Waals surface area contributed by atoms with Crippen LogP contribution in [0.15, 0.2) is 4.99 Å². The van der Waals surface area contributed by atoms with Gasteiger partial charge in [0.2, 0.25) is 0 Å². The summed E-state index contributed by atoms with van der Waals surface area (Å²) in [6.45, 7) is 0.699. The van der Waals surface area contributed by atoms with Gasteiger partial charge in [0, 0.05) is 13.6 Å². The summed E-state index contributed by atoms with van der Waals surface area (Å²) in [5, 5.41) is 2.87. The molecule has 0 spiro atoms. The first-order valence-electron chi connectivity index (χ1n) is 3.87. The third-order valence-electron chi connectivity index (χ3n) is 1.44. The quantitative estimate of drug-likeness (QED) is 0.211. The molecule has 70 valence electrons. The van der Waals surface area contributed by atoms with Crippen molar-refractivity contribution in [3.05, 3.63) is 0 Å². The van der Waals surface area contributed by atoms with E-state index in [0.717, 1.165) is 12.7 Å². The van der Waals surface area contributed by atoms with E-state index in [9.17, 15) is 4.79 Å². The number of aldehydes is 1. The van der Waals surface area contributed by atoms with Crippen molar-refractivity contribution < 1.29 is 4.79 Å². The van der Waals surface area contributed by atoms with Gasteiger partial charge in [-0.25, -0.2) is 0 Å². The molecule has 0 saturated heterocycles. The molecule has 5 nitrogen and oxygen atoms in total. The molecule has 1 atom stereocenters. The van der Waals surface area contributed by atoms with Crippen LogP contribution in [-0.2, 0) is 4.79 Å². The SMILES string of the molecule is CN=C(N)NCCC[C@H](N)C=O. The molecule has 5 N–H and O–H groups in total. The third kappa shape index (κ3) is 5.67. The number of hydrogen-bond donors (Lipinski definition) is 3. The van der Waals surface area contributed by atoms with Crippen molar-refractivity contribution >= 4 is 12.2 Å². The molecule has 5 heteroatoms. The number of carbonyl (C=O) groups is 1. The topological polar surface area (TPSA) is 93.5 Å². The summed E-state index contributed by atoms with van der Waals surface area (Å²) in [5.41, 5.74) is 10.7. The Kier molecular flexibility index (Phi) is 6.00. The monoisotopic (exact) mass is 172 g/mol. The van der Waals surface area contributed by atoms with Crippen LogP contribution in [0.4, 0.5) is 0 Å². The molecule has 12 heavy (non-hydrogen) atoms. The van der Waals surface area contributed by atoms with Gasteiger partial charge in [0.25, 0.3) is 0 Å². The van der Waals surface area contributed by atoms with Crippen LogP contribution in [-0.4, -0.2) is 31.9 Å². The van der Waals surface area contributed by atoms with Gasteiger partial charge in [0.15, 0.2) is 5.96 Å². The summed E-state index contributed by atoms with van der Waals surface area (Å²) in [6, 6.07) is -0.355. The van der Waals surface area contributed by atoms with Crippen molar-refractivity contribution in [3.8, 4) is 0 Å². The lowest BCUT2D eigenvalue weighted by molar-refractivity contribution is -0.109. The maximum atomic E-state index is 10.1. The predicted molar refractivity (Wildman–Crippen MR) is 48.8 cm³/mol. The van der Waals surface area contributed by atoms with Crippen LogP contribution in [0.1, 0.15) is 12.8 Å². The fourth-order valence-corrected chi connectivity index (χ4v) is 0.701. The summed E-state index contributed by atoms with van der Waals surface area (Å²) in [5.74, 6) is 0.412. The van der Waals surface area contributed by atoms with Gasteiger partial charge in [0.1, 0.15) is 6.29 Å². The maximum absolute atomic E-state index is 10.1. The second-order valence-corrected chi connectivity index (χ2v) is 2.48. The summed E-state index contributed by atoms with van der Waals surface area (Å²) in [6.07, 6.45) is 2.24. The van der Waals surface area contributed by atoms with Gasteiger partial charge in [-0.15, -0.1) is 0 Å². The van der Waals surface area contributed by atoms with Crippen LogP contribution >= 0.6 is 0 Å². The van der Waals surface area contributed by atoms with E-state index in [-0.39, 0.29) is 6.04 Å². The molecular weight excluding hydrogens is 156 g/mol. The van der Waals surface area contributed by atoms with Crippen LogP contribution in [0.3, 0.4) is 0 Å². The Hall–Kier alpha value is -1.10. The highest BCUT2D eigenvalue weighted by molar-refractivity contribution is 5.77. The van der Waals surface area contributed by atoms with E-state index in [1.54, 1.807) is 7.05 Å². The molecule has 0 aromatic carbocycles. The zero-order chi connectivity index (χ0) is 9.40. The molecule has 0 radical (unpaired) electrons. The molecule has 0 bridgehead atoms. The minimum Gasteiger partial charge on any atom is -0.370 e. The molecule has 0 fully saturated rings. The van der Waals surface area contributed by atoms with Gasteiger partial charge >= 0.3 is 0 Å². The Labute approximate surface area is 72.2 Å². The van der Waals surface area contributed by atoms with E-state index in [1.807, 2.05) is 0 Å². The van der Waals surface area contributed by atoms with Gasteiger partial charge in [-0.3, -0.25) is 4.99 Å². The van der Waals surface area contributed by atoms with E-state index >= 15 is 0 Å². The summed E-state index contributed by atoms with van der Waals surface area (Å²) >= 11 is 0. The maximum Gasteiger partial charge on any atom is 0.188 e. The summed E-state index contributed by atoms with van der Waals surface area (Å²) < 4.78 is 0. The molecule has 0 aliphatic carbocycles. The number of nitrogens with one attached hydrogen (secondary N) is 1. The average molecular weight is 172 g/mol. The van der Waals surface area contributed by atoms with E-state index in [1.165, 1.54) is 0 Å². The first-order valence-corrected chi connectivity index (χ1v) is 3.87. The number of aliphatic imine (C=N–C) groups is 1. The molecule has 0 aliphatic heterocycles. The molecule has 0 aromatic heterocycles. The summed E-state index contributed by atoms with van der Waals surface area (Å²) in [4.78, 5) is 13.8. The molecule has 0 heterocycles. The van der Waals surface area contributed by atoms with Crippen LogP contribution in [0.25, 0.3) is 0 Å². The lowest BCUT2D eigenvalue weighted by atomic mass is 10.2. The van der Waals surface area contributed by atoms with E-state index in [0.29, 0.717) is 18.9 Å². The van der Waals surface area contributed by atoms with Crippen LogP contribution in [0.5, 0.6) is 0 Å². The number of carbonyl (C=O) groups excluding carboxylic acids is 1. The zero-order valence-corrected chi connectivity index (χ0v) is 7.29. The number of hydrogen-bond acceptors (Lipinski definition) is 3. The number of nitrogens with zero attached hydrogens (tertiary/aromatic N) is 1. The smallest absolute Gasteiger partial charge is 0.188 e. The zero-order valence-electron chi connectivity index (χ0n) is 7.29. The molecule has 0 aliphatic rings. The largest absolute Gasteiger partial charge is 0.370 e. The first kappa shape index (κ1) is 10.9. The number of guanidine groups is 1. The molecule has 0 unspecified atom stereocenters. The van der Waals surface area contributed by atoms with Crippen molar-refractivity contribution in [2.45, 2.75) is 18.9 Å². The predicted octanol–water partition coefficient (Wildman–Crippen LogP) is -1.17. The Balaban J connectivity index is 3.27. The van der Waals surface area contributed by atoms with Crippen molar-refractivity contribution in [2.75, 3.05) is 13.6 Å². The normalized spacial score (nSPS) is 14.0. The molecule has 0 saturated carbocycles. The molecular formula is C7H16N4O. The fourth-order valence-electron chi connectivity index (χ4n) is 0.701. The Morgan fingerprint density at radius 3 is 2.92 bits per heavy atom. The first-order chi connectivity index (χ1) is 5.70. The highest BCUT2D eigenvalue weighted by Crippen LogP contribution is 1.89. The Bertz CT molecular complexity index is 157. The number of nitrogens with two attached hydrogens (primary N) is 2. The van der Waals surface area contributed by atoms with E-state index < -0.39 is 0 Å². The highest BCUT2D eigenvalue weighted by Gasteiger charge is 1.98. The number of rotatable bonds is 5. The standard InChI is InChI=1S/C7H16N4O/c1-10-7(9)11-4-2-3-6(8)5-12/h5-6H,2-4,8H2,1H3,(H3,9,10,11)/t6-/m0/s1. The van der Waals surface area contributed by atoms with Crippen LogP contribution in [0, 0.1) is 0 Å².